The summed E-state index contributed by atoms with van der Waals surface area (Å²) in [5.41, 5.74) is 1.04. The number of hydrogen-bond donors (Lipinski definition) is 3. The molecule has 7 nitrogen and oxygen atoms in total. The van der Waals surface area contributed by atoms with Gasteiger partial charge in [0.15, 0.2) is 0 Å². The van der Waals surface area contributed by atoms with E-state index >= 15 is 0 Å². The third-order valence-corrected chi connectivity index (χ3v) is 4.39. The predicted octanol–water partition coefficient (Wildman–Crippen LogP) is 3.26. The normalized spacial score (nSPS) is 11.2. The Morgan fingerprint density at radius 2 is 1.90 bits per heavy atom. The van der Waals surface area contributed by atoms with E-state index < -0.39 is 11.8 Å². The highest BCUT2D eigenvalue weighted by molar-refractivity contribution is 6.31. The van der Waals surface area contributed by atoms with Gasteiger partial charge in [0, 0.05) is 31.0 Å². The molecule has 2 heterocycles. The van der Waals surface area contributed by atoms with E-state index in [9.17, 15) is 9.59 Å². The maximum Gasteiger partial charge on any atom is 0.267 e. The van der Waals surface area contributed by atoms with Crippen molar-refractivity contribution in [2.45, 2.75) is 6.42 Å². The average Bonchev–Trinajstić information content (AvgIpc) is 3.22. The molecule has 2 amide bonds. The number of furan rings is 1. The lowest BCUT2D eigenvalue weighted by Gasteiger charge is -2.10. The van der Waals surface area contributed by atoms with Crippen LogP contribution in [0.15, 0.2) is 70.9 Å². The summed E-state index contributed by atoms with van der Waals surface area (Å²) in [5, 5.41) is 14.5. The molecule has 0 aliphatic rings. The smallest absolute Gasteiger partial charge is 0.267 e. The first-order chi connectivity index (χ1) is 14.6. The molecule has 0 fully saturated rings. The molecule has 3 aromatic rings. The maximum atomic E-state index is 12.6. The van der Waals surface area contributed by atoms with E-state index in [1.807, 2.05) is 0 Å². The molecule has 0 unspecified atom stereocenters. The zero-order valence-electron chi connectivity index (χ0n) is 16.0. The quantitative estimate of drug-likeness (QED) is 0.292. The van der Waals surface area contributed by atoms with Crippen molar-refractivity contribution in [2.24, 2.45) is 0 Å². The summed E-state index contributed by atoms with van der Waals surface area (Å²) in [6.07, 6.45) is 3.41. The molecule has 8 heteroatoms. The number of aliphatic hydroxyl groups is 1. The molecule has 154 valence electrons. The van der Waals surface area contributed by atoms with Gasteiger partial charge in [-0.2, -0.15) is 0 Å². The van der Waals surface area contributed by atoms with Crippen LogP contribution in [-0.2, 0) is 4.79 Å². The molecule has 1 aromatic carbocycles. The number of rotatable bonds is 8. The van der Waals surface area contributed by atoms with Crippen molar-refractivity contribution in [1.82, 2.24) is 15.6 Å². The van der Waals surface area contributed by atoms with Crippen LogP contribution < -0.4 is 10.6 Å². The maximum absolute atomic E-state index is 12.6. The number of hydrogen-bond acceptors (Lipinski definition) is 5. The highest BCUT2D eigenvalue weighted by Crippen LogP contribution is 2.28. The number of carbonyl (C=O) groups is 2. The van der Waals surface area contributed by atoms with E-state index in [0.717, 1.165) is 0 Å². The number of benzene rings is 1. The van der Waals surface area contributed by atoms with Crippen LogP contribution in [0, 0.1) is 0 Å². The van der Waals surface area contributed by atoms with Crippen LogP contribution in [0.2, 0.25) is 5.15 Å². The van der Waals surface area contributed by atoms with Crippen LogP contribution in [-0.4, -0.2) is 35.1 Å². The minimum atomic E-state index is -0.495. The number of amides is 2. The number of aromatic nitrogens is 1. The standard InChI is InChI=1S/C22H20ClN3O4/c23-20-17(8-4-11-24-20)19-10-9-16(30-19)14-18(22(29)25-12-5-13-27)26-21(28)15-6-2-1-3-7-15/h1-4,6-11,14,27H,5,12-13H2,(H,25,29)(H,26,28). The van der Waals surface area contributed by atoms with Crippen LogP contribution in [0.5, 0.6) is 0 Å². The molecule has 0 aliphatic heterocycles. The fraction of sp³-hybridized carbons (Fsp3) is 0.136. The number of nitrogens with zero attached hydrogens (tertiary/aromatic N) is 1. The van der Waals surface area contributed by atoms with Gasteiger partial charge in [-0.15, -0.1) is 0 Å². The summed E-state index contributed by atoms with van der Waals surface area (Å²) in [6, 6.07) is 15.4. The van der Waals surface area contributed by atoms with Gasteiger partial charge in [-0.1, -0.05) is 29.8 Å². The fourth-order valence-corrected chi connectivity index (χ4v) is 2.82. The number of aliphatic hydroxyl groups excluding tert-OH is 1. The first-order valence-corrected chi connectivity index (χ1v) is 9.64. The second-order valence-electron chi connectivity index (χ2n) is 6.26. The van der Waals surface area contributed by atoms with Gasteiger partial charge in [0.05, 0.1) is 5.56 Å². The molecule has 0 aliphatic carbocycles. The lowest BCUT2D eigenvalue weighted by atomic mass is 10.2. The van der Waals surface area contributed by atoms with E-state index in [2.05, 4.69) is 15.6 Å². The number of pyridine rings is 1. The Kier molecular flexibility index (Phi) is 7.37. The second kappa shape index (κ2) is 10.4. The van der Waals surface area contributed by atoms with Crippen molar-refractivity contribution in [3.63, 3.8) is 0 Å². The summed E-state index contributed by atoms with van der Waals surface area (Å²) in [4.78, 5) is 29.1. The van der Waals surface area contributed by atoms with Crippen molar-refractivity contribution in [3.8, 4) is 11.3 Å². The van der Waals surface area contributed by atoms with Gasteiger partial charge in [-0.3, -0.25) is 9.59 Å². The Morgan fingerprint density at radius 1 is 1.10 bits per heavy atom. The van der Waals surface area contributed by atoms with E-state index in [-0.39, 0.29) is 18.8 Å². The molecule has 0 saturated carbocycles. The fourth-order valence-electron chi connectivity index (χ4n) is 2.61. The van der Waals surface area contributed by atoms with Crippen LogP contribution in [0.4, 0.5) is 0 Å². The van der Waals surface area contributed by atoms with Crippen LogP contribution in [0.3, 0.4) is 0 Å². The SMILES string of the molecule is O=C(NCCCO)C(=Cc1ccc(-c2cccnc2Cl)o1)NC(=O)c1ccccc1. The molecular weight excluding hydrogens is 406 g/mol. The van der Waals surface area contributed by atoms with E-state index in [1.165, 1.54) is 6.08 Å². The van der Waals surface area contributed by atoms with Gasteiger partial charge < -0.3 is 20.2 Å². The largest absolute Gasteiger partial charge is 0.457 e. The van der Waals surface area contributed by atoms with E-state index in [0.29, 0.717) is 34.2 Å². The van der Waals surface area contributed by atoms with Gasteiger partial charge in [0.1, 0.15) is 22.4 Å². The first kappa shape index (κ1) is 21.3. The minimum absolute atomic E-state index is 0.0139. The van der Waals surface area contributed by atoms with Crippen molar-refractivity contribution in [1.29, 1.82) is 0 Å². The zero-order valence-corrected chi connectivity index (χ0v) is 16.7. The van der Waals surface area contributed by atoms with Gasteiger partial charge in [-0.25, -0.2) is 4.98 Å². The Labute approximate surface area is 178 Å². The van der Waals surface area contributed by atoms with Crippen LogP contribution >= 0.6 is 11.6 Å². The van der Waals surface area contributed by atoms with Crippen molar-refractivity contribution in [3.05, 3.63) is 83.0 Å². The summed E-state index contributed by atoms with van der Waals surface area (Å²) in [7, 11) is 0. The third kappa shape index (κ3) is 5.56. The molecule has 2 aromatic heterocycles. The molecule has 0 radical (unpaired) electrons. The van der Waals surface area contributed by atoms with Crippen LogP contribution in [0.1, 0.15) is 22.5 Å². The Balaban J connectivity index is 1.85. The highest BCUT2D eigenvalue weighted by Gasteiger charge is 2.16. The van der Waals surface area contributed by atoms with Gasteiger partial charge in [0.2, 0.25) is 0 Å². The Hall–Kier alpha value is -3.42. The van der Waals surface area contributed by atoms with Gasteiger partial charge in [-0.05, 0) is 42.8 Å². The monoisotopic (exact) mass is 425 g/mol. The molecule has 0 spiro atoms. The molecular formula is C22H20ClN3O4. The minimum Gasteiger partial charge on any atom is -0.457 e. The van der Waals surface area contributed by atoms with Gasteiger partial charge >= 0.3 is 0 Å². The summed E-state index contributed by atoms with van der Waals surface area (Å²) >= 11 is 6.10. The van der Waals surface area contributed by atoms with E-state index in [1.54, 1.807) is 60.8 Å². The second-order valence-corrected chi connectivity index (χ2v) is 6.61. The Morgan fingerprint density at radius 3 is 2.63 bits per heavy atom. The lowest BCUT2D eigenvalue weighted by molar-refractivity contribution is -0.117. The lowest BCUT2D eigenvalue weighted by Crippen LogP contribution is -2.35. The third-order valence-electron chi connectivity index (χ3n) is 4.09. The zero-order chi connectivity index (χ0) is 21.3. The molecule has 3 N–H and O–H groups in total. The molecule has 0 bridgehead atoms. The average molecular weight is 426 g/mol. The Bertz CT molecular complexity index is 1050. The summed E-state index contributed by atoms with van der Waals surface area (Å²) in [6.45, 7) is 0.214. The van der Waals surface area contributed by atoms with E-state index in [4.69, 9.17) is 21.1 Å². The number of halogens is 1. The van der Waals surface area contributed by atoms with Crippen LogP contribution in [0.25, 0.3) is 17.4 Å². The molecule has 0 saturated heterocycles. The summed E-state index contributed by atoms with van der Waals surface area (Å²) in [5.74, 6) is -0.0919. The number of carbonyl (C=O) groups excluding carboxylic acids is 2. The molecule has 3 rings (SSSR count). The summed E-state index contributed by atoms with van der Waals surface area (Å²) < 4.78 is 5.77. The topological polar surface area (TPSA) is 104 Å². The molecule has 30 heavy (non-hydrogen) atoms. The number of nitrogens with one attached hydrogen (secondary N) is 2. The first-order valence-electron chi connectivity index (χ1n) is 9.26. The van der Waals surface area contributed by atoms with Gasteiger partial charge in [0.25, 0.3) is 11.8 Å². The predicted molar refractivity (Wildman–Crippen MR) is 114 cm³/mol. The van der Waals surface area contributed by atoms with Crippen molar-refractivity contribution in [2.75, 3.05) is 13.2 Å². The van der Waals surface area contributed by atoms with Crippen molar-refractivity contribution < 1.29 is 19.1 Å². The van der Waals surface area contributed by atoms with Crippen molar-refractivity contribution >= 4 is 29.5 Å². The molecule has 0 atom stereocenters. The highest BCUT2D eigenvalue weighted by atomic mass is 35.5.